The van der Waals surface area contributed by atoms with E-state index in [1.165, 1.54) is 83.8 Å². The number of benzene rings is 3. The van der Waals surface area contributed by atoms with Gasteiger partial charge in [-0.1, -0.05) is 115 Å². The van der Waals surface area contributed by atoms with Crippen molar-refractivity contribution >= 4 is 53.2 Å². The van der Waals surface area contributed by atoms with E-state index in [2.05, 4.69) is 141 Å². The molecule has 4 heteroatoms. The van der Waals surface area contributed by atoms with Crippen LogP contribution in [0.3, 0.4) is 0 Å². The second-order valence-electron chi connectivity index (χ2n) is 11.0. The van der Waals surface area contributed by atoms with Gasteiger partial charge in [0.25, 0.3) is 0 Å². The van der Waals surface area contributed by atoms with Gasteiger partial charge in [-0.25, -0.2) is 0 Å². The minimum atomic E-state index is 0. The molecule has 0 saturated heterocycles. The molecule has 0 N–H and O–H groups in total. The monoisotopic (exact) mass is 680 g/mol. The Bertz CT molecular complexity index is 1460. The molecule has 0 heterocycles. The van der Waals surface area contributed by atoms with Crippen LogP contribution in [-0.2, 0) is 23.3 Å². The van der Waals surface area contributed by atoms with E-state index in [0.717, 1.165) is 0 Å². The molecule has 5 aromatic carbocycles. The summed E-state index contributed by atoms with van der Waals surface area (Å²) in [7, 11) is 0. The third-order valence-electron chi connectivity index (χ3n) is 7.19. The van der Waals surface area contributed by atoms with Crippen molar-refractivity contribution in [3.8, 4) is 11.1 Å². The molecule has 5 rings (SSSR count). The van der Waals surface area contributed by atoms with Crippen LogP contribution < -0.4 is 0 Å². The first-order valence-corrected chi connectivity index (χ1v) is 17.6. The van der Waals surface area contributed by atoms with Gasteiger partial charge in [0, 0.05) is 0 Å². The summed E-state index contributed by atoms with van der Waals surface area (Å²) in [5, 5.41) is 5.63. The first-order chi connectivity index (χ1) is 17.7. The summed E-state index contributed by atoms with van der Waals surface area (Å²) in [6.07, 6.45) is 0. The molecule has 0 fully saturated rings. The molecule has 0 saturated carbocycles. The Labute approximate surface area is 280 Å². The topological polar surface area (TPSA) is 0 Å². The van der Waals surface area contributed by atoms with Gasteiger partial charge in [-0.15, -0.1) is 87.3 Å². The molecule has 0 aliphatic rings. The molecule has 5 aromatic rings. The van der Waals surface area contributed by atoms with Crippen LogP contribution in [-0.4, -0.2) is 6.88 Å². The van der Waals surface area contributed by atoms with Gasteiger partial charge in [-0.2, -0.15) is 12.1 Å². The molecular formula is C37H48Cl2SiZr-4. The van der Waals surface area contributed by atoms with Gasteiger partial charge in [0.2, 0.25) is 0 Å². The van der Waals surface area contributed by atoms with Crippen molar-refractivity contribution in [1.82, 2.24) is 0 Å². The Balaban J connectivity index is 0. The minimum absolute atomic E-state index is 0. The third-order valence-corrected chi connectivity index (χ3v) is 7.19. The Morgan fingerprint density at radius 3 is 1.80 bits per heavy atom. The average Bonchev–Trinajstić information content (AvgIpc) is 3.50. The summed E-state index contributed by atoms with van der Waals surface area (Å²) in [5.41, 5.74) is 9.75. The molecular weight excluding hydrogens is 635 g/mol. The number of fused-ring (bicyclic) bond motifs is 2. The Morgan fingerprint density at radius 1 is 0.659 bits per heavy atom. The van der Waals surface area contributed by atoms with Crippen molar-refractivity contribution in [3.05, 3.63) is 122 Å². The molecule has 0 bridgehead atoms. The fraction of sp³-hybridized carbons (Fsp3) is 0.297. The summed E-state index contributed by atoms with van der Waals surface area (Å²) < 4.78 is 0. The predicted octanol–water partition coefficient (Wildman–Crippen LogP) is 12.1. The summed E-state index contributed by atoms with van der Waals surface area (Å²) in [6.45, 7) is 21.1. The van der Waals surface area contributed by atoms with Crippen LogP contribution in [0.1, 0.15) is 87.1 Å². The van der Waals surface area contributed by atoms with Crippen molar-refractivity contribution in [3.63, 3.8) is 0 Å². The van der Waals surface area contributed by atoms with E-state index in [-0.39, 0.29) is 39.7 Å². The zero-order valence-corrected chi connectivity index (χ0v) is 31.6. The first kappa shape index (κ1) is 41.7. The van der Waals surface area contributed by atoms with E-state index in [4.69, 9.17) is 0 Å². The zero-order valence-electron chi connectivity index (χ0n) is 26.6. The Morgan fingerprint density at radius 2 is 1.27 bits per heavy atom. The molecule has 2 radical (unpaired) electrons. The second kappa shape index (κ2) is 19.0. The maximum atomic E-state index is 3.06. The van der Waals surface area contributed by atoms with Crippen LogP contribution in [0.4, 0.5) is 0 Å². The molecule has 0 amide bonds. The SMILES string of the molecule is CC(C)c1cc(C(C)C)c2cc(C(C)C)[cH-]c2c1.Cc1cc2c(-c3ccccc3)ccc(C)c2[cH-]1.Cl.Cl.[CH3-].[CH3-].[Si]=[Zr]. The van der Waals surface area contributed by atoms with Crippen LogP contribution in [0.25, 0.3) is 32.7 Å². The van der Waals surface area contributed by atoms with Gasteiger partial charge in [0.15, 0.2) is 0 Å². The molecule has 0 aliphatic heterocycles. The molecule has 0 unspecified atom stereocenters. The number of rotatable bonds is 4. The summed E-state index contributed by atoms with van der Waals surface area (Å²) in [6, 6.07) is 29.1. The summed E-state index contributed by atoms with van der Waals surface area (Å²) in [5.74, 6) is 1.80. The molecule has 0 aromatic heterocycles. The second-order valence-corrected chi connectivity index (χ2v) is 11.0. The van der Waals surface area contributed by atoms with E-state index in [1.807, 2.05) is 0 Å². The predicted molar refractivity (Wildman–Crippen MR) is 189 cm³/mol. The molecule has 0 aliphatic carbocycles. The van der Waals surface area contributed by atoms with E-state index in [1.54, 1.807) is 0 Å². The van der Waals surface area contributed by atoms with Gasteiger partial charge in [-0.3, -0.25) is 0 Å². The number of halogens is 2. The average molecular weight is 683 g/mol. The normalized spacial score (nSPS) is 10.0. The van der Waals surface area contributed by atoms with Crippen LogP contribution >= 0.6 is 24.8 Å². The third kappa shape index (κ3) is 10.1. The van der Waals surface area contributed by atoms with Crippen molar-refractivity contribution in [2.24, 2.45) is 0 Å². The van der Waals surface area contributed by atoms with Gasteiger partial charge >= 0.3 is 30.2 Å². The van der Waals surface area contributed by atoms with Crippen molar-refractivity contribution in [1.29, 1.82) is 0 Å². The molecule has 0 atom stereocenters. The van der Waals surface area contributed by atoms with Gasteiger partial charge < -0.3 is 14.9 Å². The Kier molecular flexibility index (Phi) is 19.3. The van der Waals surface area contributed by atoms with E-state index in [9.17, 15) is 0 Å². The molecule has 0 spiro atoms. The fourth-order valence-electron chi connectivity index (χ4n) is 5.00. The van der Waals surface area contributed by atoms with Gasteiger partial charge in [0.05, 0.1) is 0 Å². The quantitative estimate of drug-likeness (QED) is 0.131. The van der Waals surface area contributed by atoms with Crippen LogP contribution in [0.15, 0.2) is 78.9 Å². The fourth-order valence-corrected chi connectivity index (χ4v) is 5.00. The van der Waals surface area contributed by atoms with Crippen LogP contribution in [0.5, 0.6) is 0 Å². The number of aryl methyl sites for hydroxylation is 2. The number of hydrogen-bond donors (Lipinski definition) is 0. The van der Waals surface area contributed by atoms with Crippen molar-refractivity contribution in [2.45, 2.75) is 73.1 Å². The maximum absolute atomic E-state index is 3.06. The van der Waals surface area contributed by atoms with Gasteiger partial charge in [0.1, 0.15) is 0 Å². The van der Waals surface area contributed by atoms with Crippen molar-refractivity contribution < 1.29 is 23.3 Å². The zero-order chi connectivity index (χ0) is 27.3. The van der Waals surface area contributed by atoms with E-state index < -0.39 is 0 Å². The van der Waals surface area contributed by atoms with Crippen LogP contribution in [0, 0.1) is 28.7 Å². The Hall–Kier alpha value is -1.44. The standard InChI is InChI=1S/C18H25.C17H15.2CH3.2ClH.Si.Zr/c1-11(2)14-7-16-8-15(12(3)4)10-18(16)17(9-14)13(5)6;1-12-10-16-13(2)8-9-15(17(16)11-12)14-6-4-3-5-7-14;;;;;;/h7-13H,1-6H3;3-11H,1-2H3;2*1H3;2*1H;;/q4*-1;;;;. The van der Waals surface area contributed by atoms with E-state index >= 15 is 0 Å². The number of hydrogen-bond acceptors (Lipinski definition) is 0. The summed E-state index contributed by atoms with van der Waals surface area (Å²) in [4.78, 5) is 0. The van der Waals surface area contributed by atoms with Crippen LogP contribution in [0.2, 0.25) is 0 Å². The summed E-state index contributed by atoms with van der Waals surface area (Å²) >= 11 is 1.36. The van der Waals surface area contributed by atoms with Crippen molar-refractivity contribution in [2.75, 3.05) is 0 Å². The van der Waals surface area contributed by atoms with Gasteiger partial charge in [-0.05, 0) is 23.3 Å². The molecule has 0 nitrogen and oxygen atoms in total. The molecule has 41 heavy (non-hydrogen) atoms. The first-order valence-electron chi connectivity index (χ1n) is 13.4. The molecule has 222 valence electrons. The van der Waals surface area contributed by atoms with E-state index in [0.29, 0.717) is 17.8 Å².